The van der Waals surface area contributed by atoms with Gasteiger partial charge in [0.15, 0.2) is 0 Å². The van der Waals surface area contributed by atoms with Crippen LogP contribution >= 0.6 is 0 Å². The van der Waals surface area contributed by atoms with Gasteiger partial charge >= 0.3 is 0 Å². The summed E-state index contributed by atoms with van der Waals surface area (Å²) in [5, 5.41) is 19.8. The molecule has 1 amide bonds. The minimum atomic E-state index is -0.611. The van der Waals surface area contributed by atoms with Gasteiger partial charge in [0.1, 0.15) is 0 Å². The molecule has 0 aliphatic heterocycles. The fourth-order valence-electron chi connectivity index (χ4n) is 1.72. The molecule has 0 aliphatic carbocycles. The molecule has 20 heavy (non-hydrogen) atoms. The van der Waals surface area contributed by atoms with Crippen molar-refractivity contribution in [1.82, 2.24) is 20.3 Å². The standard InChI is InChI=1S/C14H18N4O2/c1-3-14(2,10-19)16-13(20)11-5-4-6-12(9-11)18-8-7-15-17-18/h4-9,19H,3,10H2,1-2H3,(H,16,20). The molecule has 6 nitrogen and oxygen atoms in total. The van der Waals surface area contributed by atoms with E-state index in [9.17, 15) is 9.90 Å². The maximum atomic E-state index is 12.2. The Morgan fingerprint density at radius 2 is 2.30 bits per heavy atom. The molecule has 0 spiro atoms. The summed E-state index contributed by atoms with van der Waals surface area (Å²) < 4.78 is 1.59. The summed E-state index contributed by atoms with van der Waals surface area (Å²) in [5.41, 5.74) is 0.670. The topological polar surface area (TPSA) is 80.0 Å². The highest BCUT2D eigenvalue weighted by Gasteiger charge is 2.23. The average molecular weight is 274 g/mol. The molecule has 0 aliphatic rings. The second-order valence-corrected chi connectivity index (χ2v) is 4.92. The highest BCUT2D eigenvalue weighted by molar-refractivity contribution is 5.95. The number of rotatable bonds is 5. The SMILES string of the molecule is CCC(C)(CO)NC(=O)c1cccc(-n2ccnn2)c1. The smallest absolute Gasteiger partial charge is 0.251 e. The van der Waals surface area contributed by atoms with Crippen molar-refractivity contribution in [3.63, 3.8) is 0 Å². The molecule has 1 aromatic heterocycles. The summed E-state index contributed by atoms with van der Waals surface area (Å²) in [6.07, 6.45) is 3.94. The van der Waals surface area contributed by atoms with Crippen LogP contribution < -0.4 is 5.32 Å². The van der Waals surface area contributed by atoms with Crippen molar-refractivity contribution in [3.05, 3.63) is 42.2 Å². The average Bonchev–Trinajstić information content (AvgIpc) is 3.01. The Balaban J connectivity index is 2.21. The third-order valence-corrected chi connectivity index (χ3v) is 3.34. The van der Waals surface area contributed by atoms with E-state index >= 15 is 0 Å². The molecule has 1 atom stereocenters. The lowest BCUT2D eigenvalue weighted by Gasteiger charge is -2.27. The lowest BCUT2D eigenvalue weighted by molar-refractivity contribution is 0.0847. The molecule has 6 heteroatoms. The molecule has 0 saturated heterocycles. The van der Waals surface area contributed by atoms with Crippen LogP contribution in [-0.4, -0.2) is 38.2 Å². The Labute approximate surface area is 117 Å². The number of aliphatic hydroxyl groups excluding tert-OH is 1. The van der Waals surface area contributed by atoms with Crippen LogP contribution in [0.2, 0.25) is 0 Å². The van der Waals surface area contributed by atoms with Gasteiger partial charge in [-0.2, -0.15) is 0 Å². The van der Waals surface area contributed by atoms with Crippen molar-refractivity contribution in [2.75, 3.05) is 6.61 Å². The molecule has 1 aromatic carbocycles. The Morgan fingerprint density at radius 3 is 2.90 bits per heavy atom. The third-order valence-electron chi connectivity index (χ3n) is 3.34. The van der Waals surface area contributed by atoms with Crippen LogP contribution in [0.15, 0.2) is 36.7 Å². The van der Waals surface area contributed by atoms with E-state index in [1.54, 1.807) is 35.3 Å². The third kappa shape index (κ3) is 3.03. The zero-order valence-corrected chi connectivity index (χ0v) is 11.6. The summed E-state index contributed by atoms with van der Waals surface area (Å²) in [7, 11) is 0. The zero-order valence-electron chi connectivity index (χ0n) is 11.6. The normalized spacial score (nSPS) is 13.8. The first-order chi connectivity index (χ1) is 9.58. The largest absolute Gasteiger partial charge is 0.394 e. The Bertz CT molecular complexity index is 577. The molecule has 106 valence electrons. The molecular weight excluding hydrogens is 256 g/mol. The maximum Gasteiger partial charge on any atom is 0.251 e. The van der Waals surface area contributed by atoms with Crippen molar-refractivity contribution >= 4 is 5.91 Å². The van der Waals surface area contributed by atoms with Gasteiger partial charge in [-0.05, 0) is 31.5 Å². The zero-order chi connectivity index (χ0) is 14.6. The summed E-state index contributed by atoms with van der Waals surface area (Å²) in [4.78, 5) is 12.2. The van der Waals surface area contributed by atoms with Crippen LogP contribution in [-0.2, 0) is 0 Å². The van der Waals surface area contributed by atoms with E-state index in [0.717, 1.165) is 5.69 Å². The van der Waals surface area contributed by atoms with Gasteiger partial charge in [-0.15, -0.1) is 5.10 Å². The number of nitrogens with one attached hydrogen (secondary N) is 1. The van der Waals surface area contributed by atoms with E-state index in [-0.39, 0.29) is 12.5 Å². The molecule has 0 bridgehead atoms. The van der Waals surface area contributed by atoms with Crippen molar-refractivity contribution < 1.29 is 9.90 Å². The quantitative estimate of drug-likeness (QED) is 0.857. The van der Waals surface area contributed by atoms with Crippen LogP contribution in [0.3, 0.4) is 0 Å². The number of hydrogen-bond acceptors (Lipinski definition) is 4. The predicted molar refractivity (Wildman–Crippen MR) is 74.6 cm³/mol. The summed E-state index contributed by atoms with van der Waals surface area (Å²) in [6, 6.07) is 7.09. The van der Waals surface area contributed by atoms with Gasteiger partial charge in [-0.25, -0.2) is 4.68 Å². The van der Waals surface area contributed by atoms with Gasteiger partial charge in [0, 0.05) is 5.56 Å². The van der Waals surface area contributed by atoms with Crippen LogP contribution in [0.1, 0.15) is 30.6 Å². The van der Waals surface area contributed by atoms with Gasteiger partial charge in [0.25, 0.3) is 5.91 Å². The first kappa shape index (κ1) is 14.2. The fourth-order valence-corrected chi connectivity index (χ4v) is 1.72. The van der Waals surface area contributed by atoms with Gasteiger partial charge in [-0.3, -0.25) is 4.79 Å². The van der Waals surface area contributed by atoms with Gasteiger partial charge in [0.2, 0.25) is 0 Å². The van der Waals surface area contributed by atoms with Crippen LogP contribution in [0.4, 0.5) is 0 Å². The number of aromatic nitrogens is 3. The first-order valence-electron chi connectivity index (χ1n) is 6.48. The first-order valence-corrected chi connectivity index (χ1v) is 6.48. The Kier molecular flexibility index (Phi) is 4.14. The summed E-state index contributed by atoms with van der Waals surface area (Å²) in [6.45, 7) is 3.63. The van der Waals surface area contributed by atoms with E-state index in [2.05, 4.69) is 15.6 Å². The molecular formula is C14H18N4O2. The molecule has 0 saturated carbocycles. The van der Waals surface area contributed by atoms with Crippen molar-refractivity contribution in [1.29, 1.82) is 0 Å². The molecule has 2 rings (SSSR count). The fraction of sp³-hybridized carbons (Fsp3) is 0.357. The van der Waals surface area contributed by atoms with E-state index in [1.165, 1.54) is 0 Å². The molecule has 0 radical (unpaired) electrons. The van der Waals surface area contributed by atoms with E-state index in [0.29, 0.717) is 12.0 Å². The minimum Gasteiger partial charge on any atom is -0.394 e. The number of carbonyl (C=O) groups excluding carboxylic acids is 1. The Morgan fingerprint density at radius 1 is 1.50 bits per heavy atom. The van der Waals surface area contributed by atoms with E-state index in [4.69, 9.17) is 0 Å². The molecule has 1 heterocycles. The van der Waals surface area contributed by atoms with E-state index in [1.807, 2.05) is 19.9 Å². The predicted octanol–water partition coefficient (Wildman–Crippen LogP) is 1.16. The molecule has 2 aromatic rings. The van der Waals surface area contributed by atoms with Crippen molar-refractivity contribution in [2.45, 2.75) is 25.8 Å². The van der Waals surface area contributed by atoms with Crippen LogP contribution in [0.5, 0.6) is 0 Å². The van der Waals surface area contributed by atoms with Crippen LogP contribution in [0.25, 0.3) is 5.69 Å². The highest BCUT2D eigenvalue weighted by Crippen LogP contribution is 2.12. The molecule has 2 N–H and O–H groups in total. The molecule has 0 fully saturated rings. The number of hydrogen-bond donors (Lipinski definition) is 2. The van der Waals surface area contributed by atoms with Gasteiger partial charge in [0.05, 0.1) is 30.2 Å². The highest BCUT2D eigenvalue weighted by atomic mass is 16.3. The number of carbonyl (C=O) groups is 1. The van der Waals surface area contributed by atoms with Crippen LogP contribution in [0, 0.1) is 0 Å². The van der Waals surface area contributed by atoms with Gasteiger partial charge < -0.3 is 10.4 Å². The summed E-state index contributed by atoms with van der Waals surface area (Å²) >= 11 is 0. The monoisotopic (exact) mass is 274 g/mol. The minimum absolute atomic E-state index is 0.0992. The van der Waals surface area contributed by atoms with Crippen molar-refractivity contribution in [2.24, 2.45) is 0 Å². The lowest BCUT2D eigenvalue weighted by Crippen LogP contribution is -2.48. The second kappa shape index (κ2) is 5.83. The number of benzene rings is 1. The summed E-state index contributed by atoms with van der Waals surface area (Å²) in [5.74, 6) is -0.217. The molecule has 1 unspecified atom stereocenters. The van der Waals surface area contributed by atoms with E-state index < -0.39 is 5.54 Å². The van der Waals surface area contributed by atoms with Crippen molar-refractivity contribution in [3.8, 4) is 5.69 Å². The Hall–Kier alpha value is -2.21. The second-order valence-electron chi connectivity index (χ2n) is 4.92. The van der Waals surface area contributed by atoms with Gasteiger partial charge in [-0.1, -0.05) is 18.2 Å². The maximum absolute atomic E-state index is 12.2. The number of aliphatic hydroxyl groups is 1. The number of nitrogens with zero attached hydrogens (tertiary/aromatic N) is 3. The lowest BCUT2D eigenvalue weighted by atomic mass is 9.99. The number of amides is 1.